The van der Waals surface area contributed by atoms with Crippen LogP contribution >= 0.6 is 0 Å². The van der Waals surface area contributed by atoms with E-state index in [9.17, 15) is 0 Å². The van der Waals surface area contributed by atoms with Crippen LogP contribution in [0.4, 0.5) is 0 Å². The fourth-order valence-electron chi connectivity index (χ4n) is 2.25. The van der Waals surface area contributed by atoms with Gasteiger partial charge >= 0.3 is 0 Å². The van der Waals surface area contributed by atoms with E-state index in [1.165, 1.54) is 0 Å². The molecule has 3 rings (SSSR count). The summed E-state index contributed by atoms with van der Waals surface area (Å²) in [5.74, 6) is 1.40. The maximum absolute atomic E-state index is 5.84. The maximum atomic E-state index is 5.84. The van der Waals surface area contributed by atoms with Crippen molar-refractivity contribution in [3.8, 4) is 11.5 Å². The number of hydrogen-bond donors (Lipinski definition) is 1. The molecule has 4 nitrogen and oxygen atoms in total. The highest BCUT2D eigenvalue weighted by Crippen LogP contribution is 2.24. The number of pyridine rings is 2. The monoisotopic (exact) mass is 279 g/mol. The molecule has 4 heteroatoms. The van der Waals surface area contributed by atoms with E-state index in [0.29, 0.717) is 11.5 Å². The van der Waals surface area contributed by atoms with Crippen LogP contribution in [-0.4, -0.2) is 16.0 Å². The van der Waals surface area contributed by atoms with Crippen LogP contribution in [0.5, 0.6) is 11.5 Å². The molecule has 0 spiro atoms. The fraction of sp³-hybridized carbons (Fsp3) is 0.176. The van der Waals surface area contributed by atoms with Gasteiger partial charge in [-0.1, -0.05) is 18.2 Å². The van der Waals surface area contributed by atoms with Gasteiger partial charge in [0.25, 0.3) is 0 Å². The van der Waals surface area contributed by atoms with E-state index >= 15 is 0 Å². The Morgan fingerprint density at radius 3 is 2.76 bits per heavy atom. The molecule has 0 saturated carbocycles. The highest BCUT2D eigenvalue weighted by Gasteiger charge is 2.04. The molecule has 0 aliphatic carbocycles. The molecule has 106 valence electrons. The quantitative estimate of drug-likeness (QED) is 0.796. The molecular weight excluding hydrogens is 262 g/mol. The van der Waals surface area contributed by atoms with E-state index < -0.39 is 0 Å². The molecule has 2 N–H and O–H groups in total. The molecule has 0 aliphatic rings. The highest BCUT2D eigenvalue weighted by atomic mass is 16.5. The molecule has 1 aromatic carbocycles. The number of rotatable bonds is 4. The second-order valence-corrected chi connectivity index (χ2v) is 5.18. The average molecular weight is 279 g/mol. The number of nitrogens with zero attached hydrogens (tertiary/aromatic N) is 2. The first-order valence-corrected chi connectivity index (χ1v) is 6.93. The van der Waals surface area contributed by atoms with Crippen molar-refractivity contribution in [3.63, 3.8) is 0 Å². The largest absolute Gasteiger partial charge is 0.454 e. The minimum absolute atomic E-state index is 0.101. The number of para-hydroxylation sites is 1. The maximum Gasteiger partial charge on any atom is 0.146 e. The normalized spacial score (nSPS) is 12.3. The van der Waals surface area contributed by atoms with Crippen molar-refractivity contribution in [1.82, 2.24) is 9.97 Å². The Morgan fingerprint density at radius 1 is 1.10 bits per heavy atom. The number of aromatic nitrogens is 2. The van der Waals surface area contributed by atoms with Crippen molar-refractivity contribution >= 4 is 10.9 Å². The number of nitrogens with two attached hydrogens (primary N) is 1. The Balaban J connectivity index is 1.84. The second kappa shape index (κ2) is 5.89. The molecule has 2 heterocycles. The van der Waals surface area contributed by atoms with Crippen LogP contribution in [0.15, 0.2) is 55.0 Å². The van der Waals surface area contributed by atoms with Gasteiger partial charge < -0.3 is 10.5 Å². The van der Waals surface area contributed by atoms with E-state index in [1.54, 1.807) is 12.4 Å². The molecule has 2 aromatic heterocycles. The standard InChI is InChI=1S/C17H17N3O/c1-12(18)6-13-7-15(10-19-9-13)21-16-8-14-4-2-3-5-17(14)20-11-16/h2-5,7-12H,6,18H2,1H3. The smallest absolute Gasteiger partial charge is 0.146 e. The lowest BCUT2D eigenvalue weighted by Gasteiger charge is -2.09. The summed E-state index contributed by atoms with van der Waals surface area (Å²) in [6.07, 6.45) is 6.01. The second-order valence-electron chi connectivity index (χ2n) is 5.18. The van der Waals surface area contributed by atoms with Gasteiger partial charge in [-0.25, -0.2) is 0 Å². The summed E-state index contributed by atoms with van der Waals surface area (Å²) >= 11 is 0. The van der Waals surface area contributed by atoms with Crippen LogP contribution in [-0.2, 0) is 6.42 Å². The zero-order valence-electron chi connectivity index (χ0n) is 11.9. The summed E-state index contributed by atoms with van der Waals surface area (Å²) in [7, 11) is 0. The summed E-state index contributed by atoms with van der Waals surface area (Å²) in [4.78, 5) is 8.58. The van der Waals surface area contributed by atoms with Crippen molar-refractivity contribution in [3.05, 3.63) is 60.6 Å². The zero-order valence-corrected chi connectivity index (χ0v) is 11.9. The van der Waals surface area contributed by atoms with Crippen molar-refractivity contribution in [2.75, 3.05) is 0 Å². The van der Waals surface area contributed by atoms with Crippen molar-refractivity contribution in [1.29, 1.82) is 0 Å². The third kappa shape index (κ3) is 3.35. The third-order valence-electron chi connectivity index (χ3n) is 3.13. The predicted octanol–water partition coefficient (Wildman–Crippen LogP) is 3.31. The number of benzene rings is 1. The van der Waals surface area contributed by atoms with Gasteiger partial charge in [0.2, 0.25) is 0 Å². The molecule has 0 amide bonds. The van der Waals surface area contributed by atoms with Crippen molar-refractivity contribution in [2.24, 2.45) is 5.73 Å². The van der Waals surface area contributed by atoms with Gasteiger partial charge in [0.05, 0.1) is 17.9 Å². The summed E-state index contributed by atoms with van der Waals surface area (Å²) in [6.45, 7) is 1.97. The minimum Gasteiger partial charge on any atom is -0.454 e. The molecule has 0 aliphatic heterocycles. The van der Waals surface area contributed by atoms with Crippen LogP contribution in [0.2, 0.25) is 0 Å². The summed E-state index contributed by atoms with van der Waals surface area (Å²) in [5, 5.41) is 1.05. The first-order valence-electron chi connectivity index (χ1n) is 6.93. The van der Waals surface area contributed by atoms with Crippen LogP contribution in [0.3, 0.4) is 0 Å². The Bertz CT molecular complexity index is 756. The van der Waals surface area contributed by atoms with Crippen LogP contribution in [0.25, 0.3) is 10.9 Å². The highest BCUT2D eigenvalue weighted by molar-refractivity contribution is 5.79. The average Bonchev–Trinajstić information content (AvgIpc) is 2.47. The first-order chi connectivity index (χ1) is 10.2. The topological polar surface area (TPSA) is 61.0 Å². The summed E-state index contributed by atoms with van der Waals surface area (Å²) in [6, 6.07) is 12.0. The van der Waals surface area contributed by atoms with E-state index in [0.717, 1.165) is 22.9 Å². The predicted molar refractivity (Wildman–Crippen MR) is 83.4 cm³/mol. The molecule has 1 unspecified atom stereocenters. The first kappa shape index (κ1) is 13.5. The van der Waals surface area contributed by atoms with Gasteiger partial charge in [0.1, 0.15) is 11.5 Å². The minimum atomic E-state index is 0.101. The van der Waals surface area contributed by atoms with E-state index in [2.05, 4.69) is 9.97 Å². The Morgan fingerprint density at radius 2 is 1.90 bits per heavy atom. The van der Waals surface area contributed by atoms with Crippen LogP contribution in [0, 0.1) is 0 Å². The van der Waals surface area contributed by atoms with Gasteiger partial charge in [-0.05, 0) is 37.1 Å². The van der Waals surface area contributed by atoms with Gasteiger partial charge in [0.15, 0.2) is 0 Å². The van der Waals surface area contributed by atoms with Crippen molar-refractivity contribution in [2.45, 2.75) is 19.4 Å². The SMILES string of the molecule is CC(N)Cc1cncc(Oc2cnc3ccccc3c2)c1. The van der Waals surface area contributed by atoms with E-state index in [-0.39, 0.29) is 6.04 Å². The molecule has 0 saturated heterocycles. The van der Waals surface area contributed by atoms with Gasteiger partial charge in [-0.2, -0.15) is 0 Å². The van der Waals surface area contributed by atoms with Crippen molar-refractivity contribution < 1.29 is 4.74 Å². The molecule has 21 heavy (non-hydrogen) atoms. The molecule has 3 aromatic rings. The lowest BCUT2D eigenvalue weighted by atomic mass is 10.1. The molecule has 0 bridgehead atoms. The van der Waals surface area contributed by atoms with E-state index in [4.69, 9.17) is 10.5 Å². The summed E-state index contributed by atoms with van der Waals surface area (Å²) < 4.78 is 5.84. The Hall–Kier alpha value is -2.46. The number of fused-ring (bicyclic) bond motifs is 1. The molecular formula is C17H17N3O. The number of ether oxygens (including phenoxy) is 1. The molecule has 0 radical (unpaired) electrons. The Kier molecular flexibility index (Phi) is 3.79. The van der Waals surface area contributed by atoms with Gasteiger partial charge in [-0.3, -0.25) is 9.97 Å². The van der Waals surface area contributed by atoms with E-state index in [1.807, 2.05) is 49.5 Å². The summed E-state index contributed by atoms with van der Waals surface area (Å²) in [5.41, 5.74) is 7.83. The lowest BCUT2D eigenvalue weighted by Crippen LogP contribution is -2.17. The third-order valence-corrected chi connectivity index (χ3v) is 3.13. The van der Waals surface area contributed by atoms with Crippen LogP contribution in [0.1, 0.15) is 12.5 Å². The Labute approximate surface area is 123 Å². The zero-order chi connectivity index (χ0) is 14.7. The van der Waals surface area contributed by atoms with Gasteiger partial charge in [0, 0.05) is 17.6 Å². The fourth-order valence-corrected chi connectivity index (χ4v) is 2.25. The lowest BCUT2D eigenvalue weighted by molar-refractivity contribution is 0.478. The number of hydrogen-bond acceptors (Lipinski definition) is 4. The van der Waals surface area contributed by atoms with Crippen LogP contribution < -0.4 is 10.5 Å². The van der Waals surface area contributed by atoms with Gasteiger partial charge in [-0.15, -0.1) is 0 Å². The molecule has 0 fully saturated rings. The molecule has 1 atom stereocenters.